The number of benzene rings is 1. The molecule has 0 aliphatic heterocycles. The SMILES string of the molecule is C=N/C(=C\C(Nc1ccncc1C(=O)O)=C(/C)C(C)(C)OC)c1cc(Cl)ccc1F. The molecule has 158 valence electrons. The molecule has 0 amide bonds. The second-order valence-corrected chi connectivity index (χ2v) is 7.35. The van der Waals surface area contributed by atoms with Crippen LogP contribution in [0.4, 0.5) is 10.1 Å². The molecule has 0 aliphatic carbocycles. The first-order valence-electron chi connectivity index (χ1n) is 8.95. The van der Waals surface area contributed by atoms with Gasteiger partial charge in [0.05, 0.1) is 17.0 Å². The van der Waals surface area contributed by atoms with Crippen molar-refractivity contribution in [1.82, 2.24) is 4.98 Å². The van der Waals surface area contributed by atoms with E-state index in [4.69, 9.17) is 16.3 Å². The van der Waals surface area contributed by atoms with Crippen LogP contribution in [0.15, 0.2) is 59.0 Å². The number of aromatic nitrogens is 1. The molecule has 1 heterocycles. The van der Waals surface area contributed by atoms with Crippen molar-refractivity contribution in [3.05, 3.63) is 76.0 Å². The number of hydrogen-bond acceptors (Lipinski definition) is 5. The molecule has 0 aliphatic rings. The molecule has 0 saturated heterocycles. The van der Waals surface area contributed by atoms with Crippen molar-refractivity contribution in [3.63, 3.8) is 0 Å². The first kappa shape index (κ1) is 23.3. The summed E-state index contributed by atoms with van der Waals surface area (Å²) in [5.41, 5.74) is 1.15. The summed E-state index contributed by atoms with van der Waals surface area (Å²) in [4.78, 5) is 19.4. The lowest BCUT2D eigenvalue weighted by atomic mass is 9.96. The Balaban J connectivity index is 2.70. The maximum atomic E-state index is 14.4. The fourth-order valence-corrected chi connectivity index (χ4v) is 2.75. The van der Waals surface area contributed by atoms with E-state index in [9.17, 15) is 14.3 Å². The number of aromatic carboxylic acids is 1. The third kappa shape index (κ3) is 5.31. The molecule has 0 saturated carbocycles. The molecule has 8 heteroatoms. The number of nitrogens with zero attached hydrogens (tertiary/aromatic N) is 2. The van der Waals surface area contributed by atoms with Gasteiger partial charge in [0.15, 0.2) is 0 Å². The predicted octanol–water partition coefficient (Wildman–Crippen LogP) is 5.42. The second-order valence-electron chi connectivity index (χ2n) is 6.92. The Morgan fingerprint density at radius 3 is 2.67 bits per heavy atom. The zero-order chi connectivity index (χ0) is 22.5. The summed E-state index contributed by atoms with van der Waals surface area (Å²) < 4.78 is 20.0. The molecule has 30 heavy (non-hydrogen) atoms. The molecule has 2 rings (SSSR count). The number of carboxylic acids is 1. The Kier molecular flexibility index (Phi) is 7.48. The fourth-order valence-electron chi connectivity index (χ4n) is 2.57. The van der Waals surface area contributed by atoms with Gasteiger partial charge in [-0.3, -0.25) is 9.98 Å². The third-order valence-corrected chi connectivity index (χ3v) is 5.03. The van der Waals surface area contributed by atoms with Gasteiger partial charge in [-0.2, -0.15) is 0 Å². The van der Waals surface area contributed by atoms with E-state index in [1.807, 2.05) is 20.8 Å². The van der Waals surface area contributed by atoms with Crippen molar-refractivity contribution >= 4 is 35.7 Å². The molecule has 0 spiro atoms. The zero-order valence-corrected chi connectivity index (χ0v) is 17.9. The van der Waals surface area contributed by atoms with E-state index in [0.29, 0.717) is 16.4 Å². The Morgan fingerprint density at radius 1 is 1.37 bits per heavy atom. The molecule has 6 nitrogen and oxygen atoms in total. The van der Waals surface area contributed by atoms with Crippen molar-refractivity contribution in [3.8, 4) is 0 Å². The van der Waals surface area contributed by atoms with Gasteiger partial charge < -0.3 is 15.2 Å². The molecule has 0 fully saturated rings. The van der Waals surface area contributed by atoms with Crippen LogP contribution in [0.2, 0.25) is 5.02 Å². The number of rotatable bonds is 8. The molecule has 2 N–H and O–H groups in total. The minimum Gasteiger partial charge on any atom is -0.478 e. The molecule has 0 bridgehead atoms. The van der Waals surface area contributed by atoms with Gasteiger partial charge in [-0.05, 0) is 63.4 Å². The summed E-state index contributed by atoms with van der Waals surface area (Å²) in [6, 6.07) is 5.66. The maximum Gasteiger partial charge on any atom is 0.339 e. The predicted molar refractivity (Wildman–Crippen MR) is 118 cm³/mol. The Bertz CT molecular complexity index is 1030. The summed E-state index contributed by atoms with van der Waals surface area (Å²) in [6.07, 6.45) is 4.28. The minimum atomic E-state index is -1.14. The number of nitrogens with one attached hydrogen (secondary N) is 1. The lowest BCUT2D eigenvalue weighted by Gasteiger charge is -2.27. The topological polar surface area (TPSA) is 83.8 Å². The number of carboxylic acid groups (broad SMARTS) is 1. The van der Waals surface area contributed by atoms with Gasteiger partial charge in [0.1, 0.15) is 11.4 Å². The maximum absolute atomic E-state index is 14.4. The van der Waals surface area contributed by atoms with E-state index in [1.165, 1.54) is 36.7 Å². The van der Waals surface area contributed by atoms with E-state index in [-0.39, 0.29) is 16.8 Å². The number of hydrogen-bond donors (Lipinski definition) is 2. The summed E-state index contributed by atoms with van der Waals surface area (Å²) in [7, 11) is 1.56. The number of aliphatic imine (C=N–C) groups is 1. The Morgan fingerprint density at radius 2 is 2.07 bits per heavy atom. The van der Waals surface area contributed by atoms with Crippen LogP contribution >= 0.6 is 11.6 Å². The number of ether oxygens (including phenoxy) is 1. The van der Waals surface area contributed by atoms with Crippen molar-refractivity contribution in [2.45, 2.75) is 26.4 Å². The standard InChI is InChI=1S/C22H23ClFN3O3/c1-13(22(2,3)30-5)19(27-18-8-9-26-12-16(18)21(28)29)11-20(25-4)15-10-14(23)6-7-17(15)24/h6-12H,4H2,1-3,5H3,(H,26,27)(H,28,29)/b19-13-,20-11-. The molecule has 0 radical (unpaired) electrons. The highest BCUT2D eigenvalue weighted by Gasteiger charge is 2.23. The van der Waals surface area contributed by atoms with Crippen LogP contribution in [0.25, 0.3) is 5.70 Å². The van der Waals surface area contributed by atoms with E-state index >= 15 is 0 Å². The average Bonchev–Trinajstić information content (AvgIpc) is 2.72. The first-order chi connectivity index (χ1) is 14.1. The van der Waals surface area contributed by atoms with Crippen LogP contribution < -0.4 is 5.32 Å². The normalized spacial score (nSPS) is 12.9. The van der Waals surface area contributed by atoms with Crippen molar-refractivity contribution in [1.29, 1.82) is 0 Å². The van der Waals surface area contributed by atoms with Gasteiger partial charge in [-0.15, -0.1) is 0 Å². The first-order valence-corrected chi connectivity index (χ1v) is 9.33. The smallest absolute Gasteiger partial charge is 0.339 e. The number of carbonyl (C=O) groups is 1. The van der Waals surface area contributed by atoms with Crippen LogP contribution in [0.1, 0.15) is 36.7 Å². The van der Waals surface area contributed by atoms with Gasteiger partial charge in [0.2, 0.25) is 0 Å². The quantitative estimate of drug-likeness (QED) is 0.430. The van der Waals surface area contributed by atoms with Gasteiger partial charge in [0.25, 0.3) is 0 Å². The largest absolute Gasteiger partial charge is 0.478 e. The lowest BCUT2D eigenvalue weighted by molar-refractivity contribution is 0.0545. The van der Waals surface area contributed by atoms with E-state index in [2.05, 4.69) is 22.0 Å². The summed E-state index contributed by atoms with van der Waals surface area (Å²) in [5, 5.41) is 12.9. The summed E-state index contributed by atoms with van der Waals surface area (Å²) in [5.74, 6) is -1.66. The second kappa shape index (κ2) is 9.65. The van der Waals surface area contributed by atoms with Crippen molar-refractivity contribution in [2.24, 2.45) is 4.99 Å². The fraction of sp³-hybridized carbons (Fsp3) is 0.227. The number of halogens is 2. The Labute approximate surface area is 179 Å². The highest BCUT2D eigenvalue weighted by molar-refractivity contribution is 6.30. The summed E-state index contributed by atoms with van der Waals surface area (Å²) >= 11 is 6.02. The van der Waals surface area contributed by atoms with Gasteiger partial charge in [-0.1, -0.05) is 11.6 Å². The number of allylic oxidation sites excluding steroid dienone is 1. The number of anilines is 1. The van der Waals surface area contributed by atoms with Gasteiger partial charge >= 0.3 is 5.97 Å². The van der Waals surface area contributed by atoms with Crippen LogP contribution in [0.3, 0.4) is 0 Å². The van der Waals surface area contributed by atoms with Crippen LogP contribution in [0.5, 0.6) is 0 Å². The molecule has 2 aromatic rings. The third-order valence-electron chi connectivity index (χ3n) is 4.79. The van der Waals surface area contributed by atoms with Gasteiger partial charge in [0, 0.05) is 35.8 Å². The van der Waals surface area contributed by atoms with Crippen LogP contribution in [0, 0.1) is 5.82 Å². The minimum absolute atomic E-state index is 0.0199. The highest BCUT2D eigenvalue weighted by Crippen LogP contribution is 2.30. The molecular formula is C22H23ClFN3O3. The monoisotopic (exact) mass is 431 g/mol. The molecule has 1 aromatic carbocycles. The zero-order valence-electron chi connectivity index (χ0n) is 17.2. The van der Waals surface area contributed by atoms with Crippen molar-refractivity contribution in [2.75, 3.05) is 12.4 Å². The van der Waals surface area contributed by atoms with E-state index < -0.39 is 17.4 Å². The molecule has 0 atom stereocenters. The van der Waals surface area contributed by atoms with E-state index in [0.717, 1.165) is 5.57 Å². The van der Waals surface area contributed by atoms with Crippen LogP contribution in [-0.2, 0) is 4.74 Å². The Hall–Kier alpha value is -3.03. The number of pyridine rings is 1. The summed E-state index contributed by atoms with van der Waals surface area (Å²) in [6.45, 7) is 9.06. The van der Waals surface area contributed by atoms with Crippen LogP contribution in [-0.4, -0.2) is 35.5 Å². The van der Waals surface area contributed by atoms with Crippen molar-refractivity contribution < 1.29 is 19.0 Å². The van der Waals surface area contributed by atoms with E-state index in [1.54, 1.807) is 13.2 Å². The highest BCUT2D eigenvalue weighted by atomic mass is 35.5. The molecule has 1 aromatic heterocycles. The molecular weight excluding hydrogens is 409 g/mol. The average molecular weight is 432 g/mol. The number of methoxy groups -OCH3 is 1. The van der Waals surface area contributed by atoms with Gasteiger partial charge in [-0.25, -0.2) is 9.18 Å². The molecule has 0 unspecified atom stereocenters. The lowest BCUT2D eigenvalue weighted by Crippen LogP contribution is -2.26.